The Bertz CT molecular complexity index is 1620. The van der Waals surface area contributed by atoms with E-state index < -0.39 is 0 Å². The Morgan fingerprint density at radius 2 is 1.26 bits per heavy atom. The van der Waals surface area contributed by atoms with Crippen LogP contribution in [0.15, 0.2) is 89.6 Å². The highest BCUT2D eigenvalue weighted by atomic mass is 16.5. The van der Waals surface area contributed by atoms with Gasteiger partial charge < -0.3 is 19.2 Å². The zero-order chi connectivity index (χ0) is 32.2. The summed E-state index contributed by atoms with van der Waals surface area (Å²) in [5.41, 5.74) is 4.19. The van der Waals surface area contributed by atoms with Crippen LogP contribution in [0.3, 0.4) is 0 Å². The fourth-order valence-electron chi connectivity index (χ4n) is 7.19. The normalized spacial score (nSPS) is 19.5. The molecule has 3 aliphatic rings. The SMILES string of the molecule is O=C(c1cc(-c2ccccc2)nc(-c2ccccc2)c1)N1CCC(N2CCC[C@@H](C(=O)N3CCN(C(=O)c4ccno4)CC3)C2)CC1. The molecule has 1 atom stereocenters. The van der Waals surface area contributed by atoms with Crippen LogP contribution in [0.25, 0.3) is 22.5 Å². The molecule has 10 nitrogen and oxygen atoms in total. The number of benzene rings is 2. The molecule has 0 aliphatic carbocycles. The van der Waals surface area contributed by atoms with Crippen LogP contribution in [0.1, 0.15) is 46.6 Å². The van der Waals surface area contributed by atoms with E-state index in [0.717, 1.165) is 61.3 Å². The van der Waals surface area contributed by atoms with Crippen molar-refractivity contribution in [2.75, 3.05) is 52.4 Å². The molecule has 0 spiro atoms. The highest BCUT2D eigenvalue weighted by Gasteiger charge is 2.36. The minimum atomic E-state index is -0.180. The number of carbonyl (C=O) groups excluding carboxylic acids is 3. The molecule has 0 bridgehead atoms. The van der Waals surface area contributed by atoms with Crippen LogP contribution in [0, 0.1) is 5.92 Å². The van der Waals surface area contributed by atoms with Gasteiger partial charge in [0.1, 0.15) is 0 Å². The van der Waals surface area contributed by atoms with Crippen LogP contribution in [0.4, 0.5) is 0 Å². The molecule has 3 aliphatic heterocycles. The lowest BCUT2D eigenvalue weighted by Gasteiger charge is -2.43. The third-order valence-corrected chi connectivity index (χ3v) is 9.81. The van der Waals surface area contributed by atoms with Crippen molar-refractivity contribution in [1.29, 1.82) is 0 Å². The average Bonchev–Trinajstić information content (AvgIpc) is 3.70. The van der Waals surface area contributed by atoms with E-state index >= 15 is 0 Å². The second-order valence-electron chi connectivity index (χ2n) is 12.7. The van der Waals surface area contributed by atoms with Crippen molar-refractivity contribution in [1.82, 2.24) is 29.7 Å². The quantitative estimate of drug-likeness (QED) is 0.304. The zero-order valence-corrected chi connectivity index (χ0v) is 26.5. The lowest BCUT2D eigenvalue weighted by atomic mass is 9.92. The van der Waals surface area contributed by atoms with E-state index in [9.17, 15) is 14.4 Å². The van der Waals surface area contributed by atoms with Crippen molar-refractivity contribution in [3.8, 4) is 22.5 Å². The Morgan fingerprint density at radius 3 is 1.85 bits per heavy atom. The maximum absolute atomic E-state index is 13.9. The molecular formula is C37H40N6O4. The molecule has 2 aromatic heterocycles. The van der Waals surface area contributed by atoms with E-state index in [1.54, 1.807) is 11.0 Å². The molecule has 3 fully saturated rings. The molecule has 3 saturated heterocycles. The highest BCUT2D eigenvalue weighted by molar-refractivity contribution is 5.96. The number of carbonyl (C=O) groups is 3. The molecule has 242 valence electrons. The Hall–Kier alpha value is -4.83. The number of nitrogens with zero attached hydrogens (tertiary/aromatic N) is 6. The smallest absolute Gasteiger partial charge is 0.292 e. The largest absolute Gasteiger partial charge is 0.351 e. The van der Waals surface area contributed by atoms with E-state index in [2.05, 4.69) is 10.1 Å². The number of piperazine rings is 1. The third-order valence-electron chi connectivity index (χ3n) is 9.81. The molecule has 47 heavy (non-hydrogen) atoms. The monoisotopic (exact) mass is 632 g/mol. The van der Waals surface area contributed by atoms with Crippen LogP contribution in [0.5, 0.6) is 0 Å². The number of amides is 3. The first-order valence-electron chi connectivity index (χ1n) is 16.7. The third kappa shape index (κ3) is 6.83. The van der Waals surface area contributed by atoms with Crippen LogP contribution < -0.4 is 0 Å². The molecule has 5 heterocycles. The van der Waals surface area contributed by atoms with Crippen LogP contribution >= 0.6 is 0 Å². The van der Waals surface area contributed by atoms with E-state index in [4.69, 9.17) is 9.51 Å². The van der Waals surface area contributed by atoms with Crippen molar-refractivity contribution in [3.63, 3.8) is 0 Å². The maximum Gasteiger partial charge on any atom is 0.292 e. The van der Waals surface area contributed by atoms with Gasteiger partial charge in [-0.1, -0.05) is 65.8 Å². The first-order valence-corrected chi connectivity index (χ1v) is 16.7. The molecular weight excluding hydrogens is 592 g/mol. The molecule has 7 rings (SSSR count). The van der Waals surface area contributed by atoms with Gasteiger partial charge in [0.15, 0.2) is 0 Å². The summed E-state index contributed by atoms with van der Waals surface area (Å²) < 4.78 is 5.02. The molecule has 4 aromatic rings. The van der Waals surface area contributed by atoms with Crippen LogP contribution in [-0.4, -0.2) is 106 Å². The number of rotatable bonds is 6. The summed E-state index contributed by atoms with van der Waals surface area (Å²) >= 11 is 0. The Kier molecular flexibility index (Phi) is 9.10. The number of aromatic nitrogens is 2. The van der Waals surface area contributed by atoms with Crippen LogP contribution in [-0.2, 0) is 4.79 Å². The number of piperidine rings is 2. The van der Waals surface area contributed by atoms with Gasteiger partial charge in [-0.2, -0.15) is 0 Å². The fourth-order valence-corrected chi connectivity index (χ4v) is 7.19. The fraction of sp³-hybridized carbons (Fsp3) is 0.378. The van der Waals surface area contributed by atoms with Crippen molar-refractivity contribution in [2.24, 2.45) is 5.92 Å². The lowest BCUT2D eigenvalue weighted by Crippen LogP contribution is -2.55. The first kappa shape index (κ1) is 30.8. The Morgan fingerprint density at radius 1 is 0.660 bits per heavy atom. The van der Waals surface area contributed by atoms with Gasteiger partial charge in [0, 0.05) is 74.6 Å². The van der Waals surface area contributed by atoms with Gasteiger partial charge in [-0.05, 0) is 44.4 Å². The average molecular weight is 633 g/mol. The molecule has 10 heteroatoms. The molecule has 0 unspecified atom stereocenters. The highest BCUT2D eigenvalue weighted by Crippen LogP contribution is 2.29. The van der Waals surface area contributed by atoms with Crippen LogP contribution in [0.2, 0.25) is 0 Å². The summed E-state index contributed by atoms with van der Waals surface area (Å²) in [6.45, 7) is 5.14. The summed E-state index contributed by atoms with van der Waals surface area (Å²) in [5.74, 6) is 0.239. The molecule has 0 saturated carbocycles. The predicted octanol–water partition coefficient (Wildman–Crippen LogP) is 4.70. The summed E-state index contributed by atoms with van der Waals surface area (Å²) in [4.78, 5) is 53.1. The number of hydrogen-bond donors (Lipinski definition) is 0. The van der Waals surface area contributed by atoms with E-state index in [1.165, 1.54) is 6.20 Å². The lowest BCUT2D eigenvalue weighted by molar-refractivity contribution is -0.139. The molecule has 0 radical (unpaired) electrons. The second-order valence-corrected chi connectivity index (χ2v) is 12.7. The summed E-state index contributed by atoms with van der Waals surface area (Å²) in [6.07, 6.45) is 5.11. The second kappa shape index (κ2) is 13.9. The van der Waals surface area contributed by atoms with Gasteiger partial charge in [-0.25, -0.2) is 4.98 Å². The predicted molar refractivity (Wildman–Crippen MR) is 177 cm³/mol. The van der Waals surface area contributed by atoms with Crippen molar-refractivity contribution < 1.29 is 18.9 Å². The minimum absolute atomic E-state index is 0.0350. The van der Waals surface area contributed by atoms with Gasteiger partial charge in [-0.15, -0.1) is 0 Å². The van der Waals surface area contributed by atoms with Gasteiger partial charge in [0.2, 0.25) is 11.7 Å². The van der Waals surface area contributed by atoms with E-state index in [1.807, 2.05) is 82.6 Å². The van der Waals surface area contributed by atoms with Gasteiger partial charge in [0.05, 0.1) is 23.5 Å². The van der Waals surface area contributed by atoms with E-state index in [-0.39, 0.29) is 29.4 Å². The van der Waals surface area contributed by atoms with Crippen molar-refractivity contribution in [3.05, 3.63) is 96.4 Å². The van der Waals surface area contributed by atoms with E-state index in [0.29, 0.717) is 50.9 Å². The summed E-state index contributed by atoms with van der Waals surface area (Å²) in [5, 5.41) is 3.63. The topological polar surface area (TPSA) is 103 Å². The van der Waals surface area contributed by atoms with Crippen molar-refractivity contribution in [2.45, 2.75) is 31.7 Å². The first-order chi connectivity index (χ1) is 23.0. The number of pyridine rings is 1. The number of likely N-dealkylation sites (tertiary alicyclic amines) is 2. The van der Waals surface area contributed by atoms with Gasteiger partial charge in [0.25, 0.3) is 11.8 Å². The summed E-state index contributed by atoms with van der Waals surface area (Å²) in [7, 11) is 0. The molecule has 0 N–H and O–H groups in total. The Labute approximate surface area is 274 Å². The maximum atomic E-state index is 13.9. The Balaban J connectivity index is 0.960. The minimum Gasteiger partial charge on any atom is -0.351 e. The molecule has 2 aromatic carbocycles. The van der Waals surface area contributed by atoms with Gasteiger partial charge >= 0.3 is 0 Å². The summed E-state index contributed by atoms with van der Waals surface area (Å²) in [6, 6.07) is 25.8. The van der Waals surface area contributed by atoms with Crippen molar-refractivity contribution >= 4 is 17.7 Å². The van der Waals surface area contributed by atoms with Gasteiger partial charge in [-0.3, -0.25) is 19.3 Å². The standard InChI is InChI=1S/C37H40N6O4/c44-35(41-20-22-42(23-21-41)37(46)34-13-16-38-47-34)29-12-7-17-43(26-29)31-14-18-40(19-15-31)36(45)30-24-32(27-8-3-1-4-9-27)39-33(25-30)28-10-5-2-6-11-28/h1-6,8-11,13,16,24-25,29,31H,7,12,14-15,17-23,26H2/t29-/m1/s1. The number of hydrogen-bond acceptors (Lipinski definition) is 7. The molecule has 3 amide bonds. The zero-order valence-electron chi connectivity index (χ0n) is 26.5.